The summed E-state index contributed by atoms with van der Waals surface area (Å²) in [6.45, 7) is 3.80. The Morgan fingerprint density at radius 2 is 2.25 bits per heavy atom. The predicted octanol–water partition coefficient (Wildman–Crippen LogP) is 3.32. The van der Waals surface area contributed by atoms with Gasteiger partial charge in [-0.05, 0) is 25.0 Å². The van der Waals surface area contributed by atoms with Gasteiger partial charge in [-0.2, -0.15) is 0 Å². The molecule has 2 rings (SSSR count). The van der Waals surface area contributed by atoms with Gasteiger partial charge in [-0.3, -0.25) is 4.79 Å². The van der Waals surface area contributed by atoms with Crippen molar-refractivity contribution in [1.29, 1.82) is 0 Å². The quantitative estimate of drug-likeness (QED) is 0.859. The van der Waals surface area contributed by atoms with Gasteiger partial charge in [0.25, 0.3) is 0 Å². The summed E-state index contributed by atoms with van der Waals surface area (Å²) in [5, 5.41) is 10.0. The van der Waals surface area contributed by atoms with Crippen molar-refractivity contribution < 1.29 is 14.3 Å². The van der Waals surface area contributed by atoms with Crippen LogP contribution in [0.15, 0.2) is 28.7 Å². The minimum atomic E-state index is -0.834. The molecule has 0 radical (unpaired) electrons. The standard InChI is InChI=1S/C13H14O3/c1-3-10(13(14)15)11-7-9-6-4-5-8(2)12(9)16-11/h4-7,10H,3H2,1-2H3,(H,14,15). The largest absolute Gasteiger partial charge is 0.481 e. The second-order valence-corrected chi connectivity index (χ2v) is 3.94. The molecule has 0 aliphatic heterocycles. The highest BCUT2D eigenvalue weighted by molar-refractivity contribution is 5.83. The van der Waals surface area contributed by atoms with Crippen molar-refractivity contribution in [2.45, 2.75) is 26.2 Å². The number of furan rings is 1. The summed E-state index contributed by atoms with van der Waals surface area (Å²) in [4.78, 5) is 11.0. The summed E-state index contributed by atoms with van der Waals surface area (Å²) >= 11 is 0. The van der Waals surface area contributed by atoms with Crippen LogP contribution in [-0.2, 0) is 4.79 Å². The van der Waals surface area contributed by atoms with Gasteiger partial charge in [0.1, 0.15) is 17.3 Å². The van der Waals surface area contributed by atoms with Crippen molar-refractivity contribution in [3.8, 4) is 0 Å². The van der Waals surface area contributed by atoms with Crippen molar-refractivity contribution in [3.63, 3.8) is 0 Å². The van der Waals surface area contributed by atoms with E-state index in [4.69, 9.17) is 9.52 Å². The highest BCUT2D eigenvalue weighted by Crippen LogP contribution is 2.29. The number of hydrogen-bond acceptors (Lipinski definition) is 2. The average molecular weight is 218 g/mol. The SMILES string of the molecule is CCC(C(=O)O)c1cc2cccc(C)c2o1. The average Bonchev–Trinajstić information content (AvgIpc) is 2.63. The maximum atomic E-state index is 11.0. The lowest BCUT2D eigenvalue weighted by molar-refractivity contribution is -0.139. The van der Waals surface area contributed by atoms with Gasteiger partial charge in [0.2, 0.25) is 0 Å². The molecule has 3 nitrogen and oxygen atoms in total. The van der Waals surface area contributed by atoms with Gasteiger partial charge in [0.15, 0.2) is 0 Å². The van der Waals surface area contributed by atoms with E-state index in [2.05, 4.69) is 0 Å². The van der Waals surface area contributed by atoms with Crippen LogP contribution in [0, 0.1) is 6.92 Å². The summed E-state index contributed by atoms with van der Waals surface area (Å²) < 4.78 is 5.63. The van der Waals surface area contributed by atoms with Gasteiger partial charge < -0.3 is 9.52 Å². The van der Waals surface area contributed by atoms with Crippen LogP contribution in [0.4, 0.5) is 0 Å². The van der Waals surface area contributed by atoms with Crippen LogP contribution < -0.4 is 0 Å². The first kappa shape index (κ1) is 10.7. The third kappa shape index (κ3) is 1.69. The molecule has 0 saturated heterocycles. The molecular weight excluding hydrogens is 204 g/mol. The first-order valence-electron chi connectivity index (χ1n) is 5.35. The number of carbonyl (C=O) groups is 1. The van der Waals surface area contributed by atoms with Crippen molar-refractivity contribution in [3.05, 3.63) is 35.6 Å². The van der Waals surface area contributed by atoms with E-state index in [1.54, 1.807) is 0 Å². The Labute approximate surface area is 93.7 Å². The van der Waals surface area contributed by atoms with Gasteiger partial charge >= 0.3 is 5.97 Å². The summed E-state index contributed by atoms with van der Waals surface area (Å²) in [6, 6.07) is 7.66. The van der Waals surface area contributed by atoms with E-state index in [1.807, 2.05) is 38.1 Å². The monoisotopic (exact) mass is 218 g/mol. The maximum absolute atomic E-state index is 11.0. The Morgan fingerprint density at radius 3 is 2.81 bits per heavy atom. The van der Waals surface area contributed by atoms with Gasteiger partial charge in [0, 0.05) is 5.39 Å². The lowest BCUT2D eigenvalue weighted by Gasteiger charge is -2.04. The van der Waals surface area contributed by atoms with E-state index in [0.29, 0.717) is 12.2 Å². The first-order valence-corrected chi connectivity index (χ1v) is 5.35. The Kier molecular flexibility index (Phi) is 2.69. The molecule has 2 aromatic rings. The predicted molar refractivity (Wildman–Crippen MR) is 61.6 cm³/mol. The molecule has 0 fully saturated rings. The van der Waals surface area contributed by atoms with E-state index in [9.17, 15) is 4.79 Å². The van der Waals surface area contributed by atoms with Crippen molar-refractivity contribution in [1.82, 2.24) is 0 Å². The maximum Gasteiger partial charge on any atom is 0.314 e. The van der Waals surface area contributed by atoms with Crippen LogP contribution in [0.1, 0.15) is 30.6 Å². The molecule has 1 N–H and O–H groups in total. The molecular formula is C13H14O3. The highest BCUT2D eigenvalue weighted by atomic mass is 16.4. The molecule has 0 saturated carbocycles. The lowest BCUT2D eigenvalue weighted by Crippen LogP contribution is -2.09. The molecule has 1 heterocycles. The number of rotatable bonds is 3. The number of para-hydroxylation sites is 1. The van der Waals surface area contributed by atoms with E-state index in [-0.39, 0.29) is 0 Å². The first-order chi connectivity index (χ1) is 7.63. The third-order valence-electron chi connectivity index (χ3n) is 2.81. The number of hydrogen-bond donors (Lipinski definition) is 1. The number of carboxylic acids is 1. The molecule has 0 spiro atoms. The molecule has 1 aromatic carbocycles. The highest BCUT2D eigenvalue weighted by Gasteiger charge is 2.21. The molecule has 1 unspecified atom stereocenters. The Bertz CT molecular complexity index is 525. The molecule has 0 aliphatic carbocycles. The zero-order valence-corrected chi connectivity index (χ0v) is 9.36. The van der Waals surface area contributed by atoms with Crippen LogP contribution >= 0.6 is 0 Å². The molecule has 0 amide bonds. The fourth-order valence-electron chi connectivity index (χ4n) is 1.90. The number of aliphatic carboxylic acids is 1. The number of benzene rings is 1. The smallest absolute Gasteiger partial charge is 0.314 e. The van der Waals surface area contributed by atoms with E-state index in [0.717, 1.165) is 16.5 Å². The number of fused-ring (bicyclic) bond motifs is 1. The number of aryl methyl sites for hydroxylation is 1. The molecule has 1 atom stereocenters. The molecule has 0 aliphatic rings. The third-order valence-corrected chi connectivity index (χ3v) is 2.81. The van der Waals surface area contributed by atoms with Crippen molar-refractivity contribution in [2.75, 3.05) is 0 Å². The van der Waals surface area contributed by atoms with E-state index < -0.39 is 11.9 Å². The van der Waals surface area contributed by atoms with Crippen LogP contribution in [0.25, 0.3) is 11.0 Å². The fourth-order valence-corrected chi connectivity index (χ4v) is 1.90. The Balaban J connectivity index is 2.54. The van der Waals surface area contributed by atoms with Crippen LogP contribution in [0.5, 0.6) is 0 Å². The topological polar surface area (TPSA) is 50.4 Å². The minimum absolute atomic E-state index is 0.536. The normalized spacial score (nSPS) is 12.9. The second kappa shape index (κ2) is 4.00. The zero-order valence-electron chi connectivity index (χ0n) is 9.36. The van der Waals surface area contributed by atoms with Gasteiger partial charge in [-0.15, -0.1) is 0 Å². The van der Waals surface area contributed by atoms with E-state index >= 15 is 0 Å². The summed E-state index contributed by atoms with van der Waals surface area (Å²) in [7, 11) is 0. The Morgan fingerprint density at radius 1 is 1.50 bits per heavy atom. The molecule has 84 valence electrons. The summed E-state index contributed by atoms with van der Waals surface area (Å²) in [5.41, 5.74) is 1.82. The van der Waals surface area contributed by atoms with Gasteiger partial charge in [-0.25, -0.2) is 0 Å². The van der Waals surface area contributed by atoms with Crippen molar-refractivity contribution >= 4 is 16.9 Å². The lowest BCUT2D eigenvalue weighted by atomic mass is 10.0. The van der Waals surface area contributed by atoms with Crippen LogP contribution in [0.3, 0.4) is 0 Å². The summed E-state index contributed by atoms with van der Waals surface area (Å²) in [5.74, 6) is -0.842. The molecule has 1 aromatic heterocycles. The van der Waals surface area contributed by atoms with Gasteiger partial charge in [-0.1, -0.05) is 25.1 Å². The molecule has 16 heavy (non-hydrogen) atoms. The van der Waals surface area contributed by atoms with Gasteiger partial charge in [0.05, 0.1) is 0 Å². The molecule has 0 bridgehead atoms. The fraction of sp³-hybridized carbons (Fsp3) is 0.308. The number of carboxylic acid groups (broad SMARTS) is 1. The van der Waals surface area contributed by atoms with Crippen molar-refractivity contribution in [2.24, 2.45) is 0 Å². The van der Waals surface area contributed by atoms with Crippen LogP contribution in [-0.4, -0.2) is 11.1 Å². The van der Waals surface area contributed by atoms with Crippen LogP contribution in [0.2, 0.25) is 0 Å². The van der Waals surface area contributed by atoms with E-state index in [1.165, 1.54) is 0 Å². The molecule has 3 heteroatoms. The summed E-state index contributed by atoms with van der Waals surface area (Å²) in [6.07, 6.45) is 0.536. The Hall–Kier alpha value is -1.77. The minimum Gasteiger partial charge on any atom is -0.481 e. The zero-order chi connectivity index (χ0) is 11.7. The second-order valence-electron chi connectivity index (χ2n) is 3.94.